The number of imidazole rings is 1. The largest absolute Gasteiger partial charge is 0.444 e. The van der Waals surface area contributed by atoms with E-state index in [9.17, 15) is 18.0 Å². The van der Waals surface area contributed by atoms with Crippen molar-refractivity contribution in [2.45, 2.75) is 57.7 Å². The number of hydrogen-bond acceptors (Lipinski definition) is 3. The van der Waals surface area contributed by atoms with Gasteiger partial charge in [0, 0.05) is 18.5 Å². The van der Waals surface area contributed by atoms with Gasteiger partial charge in [0.25, 0.3) is 0 Å². The summed E-state index contributed by atoms with van der Waals surface area (Å²) in [6.07, 6.45) is -2.96. The first-order chi connectivity index (χ1) is 10.4. The number of H-pyrrole nitrogens is 1. The predicted molar refractivity (Wildman–Crippen MR) is 78.0 cm³/mol. The molecule has 0 spiro atoms. The van der Waals surface area contributed by atoms with Gasteiger partial charge >= 0.3 is 12.3 Å². The van der Waals surface area contributed by atoms with Gasteiger partial charge in [0.15, 0.2) is 0 Å². The number of halogens is 3. The van der Waals surface area contributed by atoms with Crippen LogP contribution in [0.15, 0.2) is 6.20 Å². The van der Waals surface area contributed by atoms with Gasteiger partial charge in [-0.3, -0.25) is 0 Å². The molecule has 0 unspecified atom stereocenters. The molecule has 1 aromatic rings. The molecule has 1 aliphatic rings. The SMILES string of the molecule is CC(C)(C)OC(=O)N1CCC(C)(c2ncc(C(F)(F)F)[nH]2)CC1. The van der Waals surface area contributed by atoms with Gasteiger partial charge in [0.1, 0.15) is 17.1 Å². The highest BCUT2D eigenvalue weighted by Gasteiger charge is 2.39. The van der Waals surface area contributed by atoms with Gasteiger partial charge < -0.3 is 14.6 Å². The number of carbonyl (C=O) groups is 1. The molecule has 1 N–H and O–H groups in total. The molecule has 5 nitrogen and oxygen atoms in total. The Hall–Kier alpha value is -1.73. The highest BCUT2D eigenvalue weighted by Crippen LogP contribution is 2.36. The molecule has 1 amide bonds. The van der Waals surface area contributed by atoms with Crippen molar-refractivity contribution in [3.05, 3.63) is 17.7 Å². The Bertz CT molecular complexity index is 567. The summed E-state index contributed by atoms with van der Waals surface area (Å²) in [6, 6.07) is 0. The van der Waals surface area contributed by atoms with E-state index < -0.39 is 29.0 Å². The number of likely N-dealkylation sites (tertiary alicyclic amines) is 1. The molecule has 23 heavy (non-hydrogen) atoms. The molecule has 1 saturated heterocycles. The molecule has 0 atom stereocenters. The van der Waals surface area contributed by atoms with Gasteiger partial charge in [-0.05, 0) is 33.6 Å². The fourth-order valence-corrected chi connectivity index (χ4v) is 2.52. The van der Waals surface area contributed by atoms with Crippen LogP contribution in [0.2, 0.25) is 0 Å². The minimum absolute atomic E-state index is 0.314. The summed E-state index contributed by atoms with van der Waals surface area (Å²) in [4.78, 5) is 19.9. The first-order valence-electron chi connectivity index (χ1n) is 7.51. The van der Waals surface area contributed by atoms with Crippen molar-refractivity contribution in [3.63, 3.8) is 0 Å². The van der Waals surface area contributed by atoms with Crippen molar-refractivity contribution >= 4 is 6.09 Å². The minimum Gasteiger partial charge on any atom is -0.444 e. The molecule has 0 radical (unpaired) electrons. The summed E-state index contributed by atoms with van der Waals surface area (Å²) in [7, 11) is 0. The molecule has 2 rings (SSSR count). The maximum Gasteiger partial charge on any atom is 0.432 e. The van der Waals surface area contributed by atoms with E-state index in [-0.39, 0.29) is 0 Å². The number of carbonyl (C=O) groups excluding carboxylic acids is 1. The summed E-state index contributed by atoms with van der Waals surface area (Å²) >= 11 is 0. The zero-order valence-corrected chi connectivity index (χ0v) is 13.8. The van der Waals surface area contributed by atoms with Crippen LogP contribution in [0.5, 0.6) is 0 Å². The van der Waals surface area contributed by atoms with Gasteiger partial charge in [-0.2, -0.15) is 13.2 Å². The molecule has 0 aliphatic carbocycles. The van der Waals surface area contributed by atoms with E-state index in [4.69, 9.17) is 4.74 Å². The monoisotopic (exact) mass is 333 g/mol. The third-order valence-corrected chi connectivity index (χ3v) is 3.97. The summed E-state index contributed by atoms with van der Waals surface area (Å²) in [5, 5.41) is 0. The first kappa shape index (κ1) is 17.6. The predicted octanol–water partition coefficient (Wildman–Crippen LogP) is 3.72. The lowest BCUT2D eigenvalue weighted by Crippen LogP contribution is -2.46. The average molecular weight is 333 g/mol. The number of nitrogens with one attached hydrogen (secondary N) is 1. The number of amides is 1. The summed E-state index contributed by atoms with van der Waals surface area (Å²) < 4.78 is 43.3. The Morgan fingerprint density at radius 1 is 1.30 bits per heavy atom. The van der Waals surface area contributed by atoms with E-state index in [2.05, 4.69) is 9.97 Å². The molecule has 1 aromatic heterocycles. The van der Waals surface area contributed by atoms with Gasteiger partial charge in [0.05, 0.1) is 6.20 Å². The van der Waals surface area contributed by atoms with Crippen LogP contribution >= 0.6 is 0 Å². The van der Waals surface area contributed by atoms with E-state index in [1.165, 1.54) is 0 Å². The van der Waals surface area contributed by atoms with Crippen molar-refractivity contribution in [2.75, 3.05) is 13.1 Å². The minimum atomic E-state index is -4.43. The number of nitrogens with zero attached hydrogens (tertiary/aromatic N) is 2. The van der Waals surface area contributed by atoms with E-state index in [0.717, 1.165) is 6.20 Å². The van der Waals surface area contributed by atoms with E-state index in [1.54, 1.807) is 25.7 Å². The smallest absolute Gasteiger partial charge is 0.432 e. The summed E-state index contributed by atoms with van der Waals surface area (Å²) in [6.45, 7) is 8.08. The van der Waals surface area contributed by atoms with Gasteiger partial charge in [-0.1, -0.05) is 6.92 Å². The lowest BCUT2D eigenvalue weighted by atomic mass is 9.80. The Morgan fingerprint density at radius 2 is 1.87 bits per heavy atom. The van der Waals surface area contributed by atoms with Crippen molar-refractivity contribution in [2.24, 2.45) is 0 Å². The van der Waals surface area contributed by atoms with Crippen LogP contribution in [0, 0.1) is 0 Å². The zero-order chi connectivity index (χ0) is 17.5. The fourth-order valence-electron chi connectivity index (χ4n) is 2.52. The second-order valence-corrected chi connectivity index (χ2v) is 7.17. The third-order valence-electron chi connectivity index (χ3n) is 3.97. The molecule has 2 heterocycles. The van der Waals surface area contributed by atoms with Gasteiger partial charge in [-0.25, -0.2) is 9.78 Å². The number of hydrogen-bond donors (Lipinski definition) is 1. The molecule has 0 bridgehead atoms. The zero-order valence-electron chi connectivity index (χ0n) is 13.8. The summed E-state index contributed by atoms with van der Waals surface area (Å²) in [5.74, 6) is 0.314. The van der Waals surface area contributed by atoms with Crippen molar-refractivity contribution < 1.29 is 22.7 Å². The standard InChI is InChI=1S/C15H22F3N3O2/c1-13(2,3)23-12(22)21-7-5-14(4,6-8-21)11-19-9-10(20-11)15(16,17)18/h9H,5-8H2,1-4H3,(H,19,20). The normalized spacial score (nSPS) is 18.8. The summed E-state index contributed by atoms with van der Waals surface area (Å²) in [5.41, 5.74) is -1.93. The van der Waals surface area contributed by atoms with Crippen LogP contribution in [0.25, 0.3) is 0 Å². The highest BCUT2D eigenvalue weighted by atomic mass is 19.4. The number of aromatic amines is 1. The topological polar surface area (TPSA) is 58.2 Å². The molecule has 8 heteroatoms. The third kappa shape index (κ3) is 4.17. The number of ether oxygens (including phenoxy) is 1. The molecular weight excluding hydrogens is 311 g/mol. The van der Waals surface area contributed by atoms with Crippen molar-refractivity contribution in [1.29, 1.82) is 0 Å². The van der Waals surface area contributed by atoms with Crippen LogP contribution < -0.4 is 0 Å². The quantitative estimate of drug-likeness (QED) is 0.852. The second kappa shape index (κ2) is 5.72. The molecule has 130 valence electrons. The molecule has 0 saturated carbocycles. The molecule has 1 fully saturated rings. The Labute approximate surface area is 133 Å². The maximum absolute atomic E-state index is 12.7. The van der Waals surface area contributed by atoms with Crippen molar-refractivity contribution in [1.82, 2.24) is 14.9 Å². The number of aromatic nitrogens is 2. The van der Waals surface area contributed by atoms with Crippen LogP contribution in [-0.4, -0.2) is 39.7 Å². The maximum atomic E-state index is 12.7. The molecule has 0 aromatic carbocycles. The Morgan fingerprint density at radius 3 is 2.30 bits per heavy atom. The van der Waals surface area contributed by atoms with Crippen LogP contribution in [0.3, 0.4) is 0 Å². The van der Waals surface area contributed by atoms with Gasteiger partial charge in [-0.15, -0.1) is 0 Å². The average Bonchev–Trinajstić information content (AvgIpc) is 2.87. The fraction of sp³-hybridized carbons (Fsp3) is 0.733. The first-order valence-corrected chi connectivity index (χ1v) is 7.51. The van der Waals surface area contributed by atoms with Crippen molar-refractivity contribution in [3.8, 4) is 0 Å². The molecular formula is C15H22F3N3O2. The van der Waals surface area contributed by atoms with E-state index in [1.807, 2.05) is 6.92 Å². The van der Waals surface area contributed by atoms with Gasteiger partial charge in [0.2, 0.25) is 0 Å². The lowest BCUT2D eigenvalue weighted by molar-refractivity contribution is -0.141. The Balaban J connectivity index is 2.02. The number of rotatable bonds is 1. The van der Waals surface area contributed by atoms with E-state index >= 15 is 0 Å². The number of piperidine rings is 1. The lowest BCUT2D eigenvalue weighted by Gasteiger charge is -2.38. The Kier molecular flexibility index (Phi) is 4.38. The van der Waals surface area contributed by atoms with Crippen LogP contribution in [0.1, 0.15) is 52.1 Å². The van der Waals surface area contributed by atoms with E-state index in [0.29, 0.717) is 31.8 Å². The number of alkyl halides is 3. The second-order valence-electron chi connectivity index (χ2n) is 7.17. The van der Waals surface area contributed by atoms with Crippen LogP contribution in [-0.2, 0) is 16.3 Å². The van der Waals surface area contributed by atoms with Crippen LogP contribution in [0.4, 0.5) is 18.0 Å². The highest BCUT2D eigenvalue weighted by molar-refractivity contribution is 5.68. The molecule has 1 aliphatic heterocycles.